The van der Waals surface area contributed by atoms with Crippen LogP contribution in [0.4, 0.5) is 0 Å². The van der Waals surface area contributed by atoms with Gasteiger partial charge in [-0.15, -0.1) is 0 Å². The molecule has 0 aromatic heterocycles. The number of likely N-dealkylation sites (N-methyl/N-ethyl adjacent to an activating group) is 1. The Labute approximate surface area is 143 Å². The van der Waals surface area contributed by atoms with E-state index >= 15 is 0 Å². The predicted octanol–water partition coefficient (Wildman–Crippen LogP) is 1.11. The standard InChI is InChI=1S/C16H24N2O5S/c1-12(2)13-5-7-14(8-6-13)24(21,22)17-10-9-16(20)23-11-15(19)18(3)4/h5-8,12,17H,9-11H2,1-4H3. The molecule has 0 atom stereocenters. The summed E-state index contributed by atoms with van der Waals surface area (Å²) in [4.78, 5) is 24.2. The highest BCUT2D eigenvalue weighted by Crippen LogP contribution is 2.17. The van der Waals surface area contributed by atoms with Crippen molar-refractivity contribution in [3.8, 4) is 0 Å². The van der Waals surface area contributed by atoms with Gasteiger partial charge in [-0.1, -0.05) is 26.0 Å². The smallest absolute Gasteiger partial charge is 0.307 e. The lowest BCUT2D eigenvalue weighted by molar-refractivity contribution is -0.150. The van der Waals surface area contributed by atoms with Crippen LogP contribution in [0.2, 0.25) is 0 Å². The van der Waals surface area contributed by atoms with Crippen molar-refractivity contribution < 1.29 is 22.7 Å². The number of carbonyl (C=O) groups is 2. The minimum Gasteiger partial charge on any atom is -0.456 e. The molecule has 0 aliphatic heterocycles. The summed E-state index contributed by atoms with van der Waals surface area (Å²) in [6.45, 7) is 3.60. The van der Waals surface area contributed by atoms with Crippen LogP contribution >= 0.6 is 0 Å². The Morgan fingerprint density at radius 2 is 1.75 bits per heavy atom. The zero-order valence-corrected chi connectivity index (χ0v) is 15.2. The number of hydrogen-bond acceptors (Lipinski definition) is 5. The first-order chi connectivity index (χ1) is 11.1. The fourth-order valence-electron chi connectivity index (χ4n) is 1.75. The van der Waals surface area contributed by atoms with Gasteiger partial charge in [0.1, 0.15) is 0 Å². The maximum absolute atomic E-state index is 12.1. The molecule has 0 bridgehead atoms. The lowest BCUT2D eigenvalue weighted by Gasteiger charge is -2.11. The largest absolute Gasteiger partial charge is 0.456 e. The molecule has 7 nitrogen and oxygen atoms in total. The number of ether oxygens (including phenoxy) is 1. The molecule has 0 radical (unpaired) electrons. The van der Waals surface area contributed by atoms with Gasteiger partial charge in [-0.05, 0) is 23.6 Å². The van der Waals surface area contributed by atoms with E-state index in [9.17, 15) is 18.0 Å². The Balaban J connectivity index is 2.48. The van der Waals surface area contributed by atoms with Crippen LogP contribution in [0.1, 0.15) is 31.7 Å². The summed E-state index contributed by atoms with van der Waals surface area (Å²) in [5.41, 5.74) is 1.04. The van der Waals surface area contributed by atoms with Crippen molar-refractivity contribution in [2.24, 2.45) is 0 Å². The third kappa shape index (κ3) is 6.29. The SMILES string of the molecule is CC(C)c1ccc(S(=O)(=O)NCCC(=O)OCC(=O)N(C)C)cc1. The number of rotatable bonds is 8. The van der Waals surface area contributed by atoms with E-state index in [2.05, 4.69) is 4.72 Å². The van der Waals surface area contributed by atoms with Crippen LogP contribution in [0.3, 0.4) is 0 Å². The Kier molecular flexibility index (Phi) is 7.37. The molecule has 134 valence electrons. The van der Waals surface area contributed by atoms with E-state index in [1.54, 1.807) is 26.2 Å². The van der Waals surface area contributed by atoms with E-state index in [1.807, 2.05) is 13.8 Å². The molecular formula is C16H24N2O5S. The average molecular weight is 356 g/mol. The van der Waals surface area contributed by atoms with Crippen LogP contribution in [-0.4, -0.2) is 52.4 Å². The van der Waals surface area contributed by atoms with Gasteiger partial charge in [0.25, 0.3) is 5.91 Å². The van der Waals surface area contributed by atoms with E-state index in [4.69, 9.17) is 4.74 Å². The highest BCUT2D eigenvalue weighted by atomic mass is 32.2. The van der Waals surface area contributed by atoms with Crippen LogP contribution in [0.15, 0.2) is 29.2 Å². The van der Waals surface area contributed by atoms with Gasteiger partial charge in [0, 0.05) is 20.6 Å². The fourth-order valence-corrected chi connectivity index (χ4v) is 2.78. The second-order valence-corrected chi connectivity index (χ2v) is 7.59. The topological polar surface area (TPSA) is 92.8 Å². The molecule has 24 heavy (non-hydrogen) atoms. The van der Waals surface area contributed by atoms with Crippen molar-refractivity contribution in [1.29, 1.82) is 0 Å². The summed E-state index contributed by atoms with van der Waals surface area (Å²) in [7, 11) is -0.575. The van der Waals surface area contributed by atoms with Crippen LogP contribution in [-0.2, 0) is 24.3 Å². The molecule has 8 heteroatoms. The number of esters is 1. The van der Waals surface area contributed by atoms with Gasteiger partial charge in [0.15, 0.2) is 6.61 Å². The number of carbonyl (C=O) groups excluding carboxylic acids is 2. The Bertz CT molecular complexity index is 666. The van der Waals surface area contributed by atoms with Crippen molar-refractivity contribution >= 4 is 21.9 Å². The van der Waals surface area contributed by atoms with Crippen molar-refractivity contribution in [2.45, 2.75) is 31.1 Å². The fraction of sp³-hybridized carbons (Fsp3) is 0.500. The van der Waals surface area contributed by atoms with Crippen LogP contribution in [0, 0.1) is 0 Å². The average Bonchev–Trinajstić information content (AvgIpc) is 2.52. The first kappa shape index (κ1) is 20.1. The summed E-state index contributed by atoms with van der Waals surface area (Å²) in [5, 5.41) is 0. The molecule has 0 saturated heterocycles. The first-order valence-electron chi connectivity index (χ1n) is 7.59. The Morgan fingerprint density at radius 1 is 1.17 bits per heavy atom. The minimum atomic E-state index is -3.68. The highest BCUT2D eigenvalue weighted by molar-refractivity contribution is 7.89. The van der Waals surface area contributed by atoms with E-state index in [-0.39, 0.29) is 30.4 Å². The number of sulfonamides is 1. The highest BCUT2D eigenvalue weighted by Gasteiger charge is 2.15. The van der Waals surface area contributed by atoms with Gasteiger partial charge >= 0.3 is 5.97 Å². The molecule has 1 aromatic rings. The summed E-state index contributed by atoms with van der Waals surface area (Å²) in [5.74, 6) is -0.661. The second kappa shape index (κ2) is 8.79. The molecule has 0 aliphatic rings. The molecule has 1 aromatic carbocycles. The van der Waals surface area contributed by atoms with Crippen LogP contribution < -0.4 is 4.72 Å². The van der Waals surface area contributed by atoms with E-state index in [0.717, 1.165) is 5.56 Å². The monoisotopic (exact) mass is 356 g/mol. The summed E-state index contributed by atoms with van der Waals surface area (Å²) in [6.07, 6.45) is -0.149. The lowest BCUT2D eigenvalue weighted by atomic mass is 10.0. The Hall–Kier alpha value is -1.93. The molecular weight excluding hydrogens is 332 g/mol. The van der Waals surface area contributed by atoms with Crippen molar-refractivity contribution in [2.75, 3.05) is 27.2 Å². The van der Waals surface area contributed by atoms with Gasteiger partial charge in [-0.25, -0.2) is 13.1 Å². The number of amides is 1. The van der Waals surface area contributed by atoms with E-state index < -0.39 is 16.0 Å². The van der Waals surface area contributed by atoms with Crippen LogP contribution in [0.5, 0.6) is 0 Å². The zero-order valence-electron chi connectivity index (χ0n) is 14.4. The predicted molar refractivity (Wildman–Crippen MR) is 90.0 cm³/mol. The number of nitrogens with one attached hydrogen (secondary N) is 1. The quantitative estimate of drug-likeness (QED) is 0.705. The van der Waals surface area contributed by atoms with Gasteiger partial charge < -0.3 is 9.64 Å². The molecule has 1 amide bonds. The van der Waals surface area contributed by atoms with E-state index in [0.29, 0.717) is 5.92 Å². The third-order valence-electron chi connectivity index (χ3n) is 3.33. The van der Waals surface area contributed by atoms with Crippen molar-refractivity contribution in [3.63, 3.8) is 0 Å². The molecule has 0 fully saturated rings. The molecule has 1 rings (SSSR count). The molecule has 1 N–H and O–H groups in total. The minimum absolute atomic E-state index is 0.0940. The van der Waals surface area contributed by atoms with Crippen LogP contribution in [0.25, 0.3) is 0 Å². The normalized spacial score (nSPS) is 11.4. The molecule has 0 saturated carbocycles. The molecule has 0 spiro atoms. The maximum atomic E-state index is 12.1. The molecule has 0 unspecified atom stereocenters. The summed E-state index contributed by atoms with van der Waals surface area (Å²) in [6, 6.07) is 6.60. The maximum Gasteiger partial charge on any atom is 0.307 e. The lowest BCUT2D eigenvalue weighted by Crippen LogP contribution is -2.29. The van der Waals surface area contributed by atoms with Crippen molar-refractivity contribution in [1.82, 2.24) is 9.62 Å². The number of benzene rings is 1. The van der Waals surface area contributed by atoms with Gasteiger partial charge in [-0.2, -0.15) is 0 Å². The van der Waals surface area contributed by atoms with Gasteiger partial charge in [0.05, 0.1) is 11.3 Å². The van der Waals surface area contributed by atoms with E-state index in [1.165, 1.54) is 17.0 Å². The summed E-state index contributed by atoms with van der Waals surface area (Å²) < 4.78 is 31.4. The molecule has 0 heterocycles. The number of hydrogen-bond donors (Lipinski definition) is 1. The van der Waals surface area contributed by atoms with Gasteiger partial charge in [0.2, 0.25) is 10.0 Å². The first-order valence-corrected chi connectivity index (χ1v) is 9.07. The van der Waals surface area contributed by atoms with Crippen molar-refractivity contribution in [3.05, 3.63) is 29.8 Å². The number of nitrogens with zero attached hydrogens (tertiary/aromatic N) is 1. The Morgan fingerprint density at radius 3 is 2.25 bits per heavy atom. The van der Waals surface area contributed by atoms with Gasteiger partial charge in [-0.3, -0.25) is 9.59 Å². The third-order valence-corrected chi connectivity index (χ3v) is 4.81. The zero-order chi connectivity index (χ0) is 18.3. The second-order valence-electron chi connectivity index (χ2n) is 5.82. The summed E-state index contributed by atoms with van der Waals surface area (Å²) >= 11 is 0. The molecule has 0 aliphatic carbocycles.